The summed E-state index contributed by atoms with van der Waals surface area (Å²) in [7, 11) is 0. The molecule has 1 aromatic rings. The largest absolute Gasteiger partial charge is 0.321 e. The van der Waals surface area contributed by atoms with Gasteiger partial charge in [0, 0.05) is 5.54 Å². The summed E-state index contributed by atoms with van der Waals surface area (Å²) in [5.74, 6) is 3.87. The van der Waals surface area contributed by atoms with E-state index in [-0.39, 0.29) is 6.04 Å². The molecule has 4 saturated carbocycles. The van der Waals surface area contributed by atoms with Crippen molar-refractivity contribution in [1.29, 1.82) is 0 Å². The molecular formula is C16H26N4. The summed E-state index contributed by atoms with van der Waals surface area (Å²) in [4.78, 5) is 0. The van der Waals surface area contributed by atoms with E-state index in [1.54, 1.807) is 0 Å². The third kappa shape index (κ3) is 1.84. The van der Waals surface area contributed by atoms with Gasteiger partial charge in [-0.1, -0.05) is 13.3 Å². The Morgan fingerprint density at radius 2 is 1.85 bits per heavy atom. The van der Waals surface area contributed by atoms with Crippen molar-refractivity contribution in [1.82, 2.24) is 14.8 Å². The summed E-state index contributed by atoms with van der Waals surface area (Å²) >= 11 is 0. The summed E-state index contributed by atoms with van der Waals surface area (Å²) in [5, 5.41) is 8.60. The van der Waals surface area contributed by atoms with Crippen molar-refractivity contribution in [2.45, 2.75) is 69.9 Å². The van der Waals surface area contributed by atoms with Gasteiger partial charge in [-0.25, -0.2) is 0 Å². The van der Waals surface area contributed by atoms with Gasteiger partial charge in [-0.05, 0) is 62.7 Å². The maximum atomic E-state index is 6.35. The molecule has 4 heteroatoms. The van der Waals surface area contributed by atoms with Crippen molar-refractivity contribution in [2.24, 2.45) is 23.5 Å². The topological polar surface area (TPSA) is 56.7 Å². The Hall–Kier alpha value is -0.900. The minimum atomic E-state index is 0.0514. The molecule has 1 aromatic heterocycles. The Balaban J connectivity index is 1.69. The summed E-state index contributed by atoms with van der Waals surface area (Å²) < 4.78 is 2.40. The number of rotatable bonds is 4. The fraction of sp³-hybridized carbons (Fsp3) is 0.875. The molecule has 20 heavy (non-hydrogen) atoms. The molecule has 4 aliphatic rings. The van der Waals surface area contributed by atoms with Crippen molar-refractivity contribution >= 4 is 0 Å². The van der Waals surface area contributed by atoms with Crippen LogP contribution in [0.4, 0.5) is 0 Å². The molecule has 4 fully saturated rings. The first-order valence-electron chi connectivity index (χ1n) is 8.36. The third-order valence-electron chi connectivity index (χ3n) is 6.02. The van der Waals surface area contributed by atoms with E-state index in [0.29, 0.717) is 5.54 Å². The van der Waals surface area contributed by atoms with Gasteiger partial charge in [-0.3, -0.25) is 0 Å². The van der Waals surface area contributed by atoms with E-state index < -0.39 is 0 Å². The van der Waals surface area contributed by atoms with Gasteiger partial charge in [0.25, 0.3) is 0 Å². The summed E-state index contributed by atoms with van der Waals surface area (Å²) in [6, 6.07) is 0.0514. The fourth-order valence-corrected chi connectivity index (χ4v) is 5.66. The SMILES string of the molecule is CCCC(N)c1nncn1C12CC3CC(CC(C3)C1)C2. The third-order valence-corrected chi connectivity index (χ3v) is 6.02. The van der Waals surface area contributed by atoms with Crippen molar-refractivity contribution < 1.29 is 0 Å². The summed E-state index contributed by atoms with van der Waals surface area (Å²) in [6.07, 6.45) is 12.5. The molecule has 4 bridgehead atoms. The van der Waals surface area contributed by atoms with Crippen molar-refractivity contribution in [3.05, 3.63) is 12.2 Å². The normalized spacial score (nSPS) is 40.2. The van der Waals surface area contributed by atoms with Crippen LogP contribution in [0.5, 0.6) is 0 Å². The minimum Gasteiger partial charge on any atom is -0.321 e. The summed E-state index contributed by atoms with van der Waals surface area (Å²) in [5.41, 5.74) is 6.65. The lowest BCUT2D eigenvalue weighted by atomic mass is 9.53. The highest BCUT2D eigenvalue weighted by atomic mass is 15.3. The fourth-order valence-electron chi connectivity index (χ4n) is 5.66. The molecule has 0 spiro atoms. The Morgan fingerprint density at radius 3 is 2.40 bits per heavy atom. The van der Waals surface area contributed by atoms with Crippen LogP contribution < -0.4 is 5.73 Å². The van der Waals surface area contributed by atoms with Gasteiger partial charge in [0.1, 0.15) is 12.2 Å². The number of aromatic nitrogens is 3. The van der Waals surface area contributed by atoms with Gasteiger partial charge in [0.05, 0.1) is 6.04 Å². The Bertz CT molecular complexity index is 457. The van der Waals surface area contributed by atoms with E-state index >= 15 is 0 Å². The molecule has 1 atom stereocenters. The molecule has 1 unspecified atom stereocenters. The average molecular weight is 274 g/mol. The predicted octanol–water partition coefficient (Wildman–Crippen LogP) is 3.00. The molecule has 4 aliphatic carbocycles. The molecule has 0 aromatic carbocycles. The van der Waals surface area contributed by atoms with E-state index in [0.717, 1.165) is 36.4 Å². The van der Waals surface area contributed by atoms with Gasteiger partial charge in [0.15, 0.2) is 0 Å². The van der Waals surface area contributed by atoms with Crippen molar-refractivity contribution in [2.75, 3.05) is 0 Å². The quantitative estimate of drug-likeness (QED) is 0.918. The predicted molar refractivity (Wildman–Crippen MR) is 78.0 cm³/mol. The van der Waals surface area contributed by atoms with E-state index in [1.807, 2.05) is 6.33 Å². The van der Waals surface area contributed by atoms with Gasteiger partial charge in [-0.2, -0.15) is 0 Å². The highest BCUT2D eigenvalue weighted by molar-refractivity contribution is 5.09. The number of nitrogens with two attached hydrogens (primary N) is 1. The van der Waals surface area contributed by atoms with Gasteiger partial charge < -0.3 is 10.3 Å². The maximum Gasteiger partial charge on any atom is 0.150 e. The van der Waals surface area contributed by atoms with E-state index in [4.69, 9.17) is 5.73 Å². The van der Waals surface area contributed by atoms with Crippen LogP contribution in [-0.2, 0) is 5.54 Å². The first-order valence-corrected chi connectivity index (χ1v) is 8.36. The molecular weight excluding hydrogens is 248 g/mol. The zero-order valence-electron chi connectivity index (χ0n) is 12.5. The molecule has 0 aliphatic heterocycles. The van der Waals surface area contributed by atoms with Gasteiger partial charge >= 0.3 is 0 Å². The number of nitrogens with zero attached hydrogens (tertiary/aromatic N) is 3. The molecule has 110 valence electrons. The average Bonchev–Trinajstić information content (AvgIpc) is 2.87. The van der Waals surface area contributed by atoms with E-state index in [2.05, 4.69) is 21.7 Å². The van der Waals surface area contributed by atoms with Crippen LogP contribution in [0.25, 0.3) is 0 Å². The van der Waals surface area contributed by atoms with Crippen LogP contribution in [0.15, 0.2) is 6.33 Å². The number of hydrogen-bond acceptors (Lipinski definition) is 3. The highest BCUT2D eigenvalue weighted by Crippen LogP contribution is 2.59. The number of hydrogen-bond donors (Lipinski definition) is 1. The van der Waals surface area contributed by atoms with Gasteiger partial charge in [0.2, 0.25) is 0 Å². The molecule has 4 nitrogen and oxygen atoms in total. The van der Waals surface area contributed by atoms with Crippen LogP contribution >= 0.6 is 0 Å². The monoisotopic (exact) mass is 274 g/mol. The molecule has 0 amide bonds. The second kappa shape index (κ2) is 4.55. The smallest absolute Gasteiger partial charge is 0.150 e. The molecule has 1 heterocycles. The first-order chi connectivity index (χ1) is 9.70. The zero-order chi connectivity index (χ0) is 13.7. The lowest BCUT2D eigenvalue weighted by molar-refractivity contribution is -0.0450. The Morgan fingerprint density at radius 1 is 1.25 bits per heavy atom. The van der Waals surface area contributed by atoms with E-state index in [1.165, 1.54) is 38.5 Å². The van der Waals surface area contributed by atoms with Crippen molar-refractivity contribution in [3.8, 4) is 0 Å². The van der Waals surface area contributed by atoms with Crippen LogP contribution in [0.3, 0.4) is 0 Å². The standard InChI is InChI=1S/C16H26N4/c1-2-3-14(17)15-19-18-10-20(15)16-7-11-4-12(8-16)6-13(5-11)9-16/h10-14H,2-9,17H2,1H3. The second-order valence-electron chi connectivity index (χ2n) is 7.60. The molecule has 0 saturated heterocycles. The molecule has 0 radical (unpaired) electrons. The Labute approximate surface area is 121 Å². The first kappa shape index (κ1) is 12.8. The lowest BCUT2D eigenvalue weighted by Crippen LogP contribution is -2.52. The van der Waals surface area contributed by atoms with Crippen LogP contribution in [0.2, 0.25) is 0 Å². The molecule has 2 N–H and O–H groups in total. The van der Waals surface area contributed by atoms with Crippen LogP contribution in [0, 0.1) is 17.8 Å². The molecule has 5 rings (SSSR count). The van der Waals surface area contributed by atoms with Gasteiger partial charge in [-0.15, -0.1) is 10.2 Å². The van der Waals surface area contributed by atoms with Crippen LogP contribution in [0.1, 0.15) is 70.2 Å². The lowest BCUT2D eigenvalue weighted by Gasteiger charge is -2.57. The Kier molecular flexibility index (Phi) is 2.92. The minimum absolute atomic E-state index is 0.0514. The zero-order valence-corrected chi connectivity index (χ0v) is 12.5. The van der Waals surface area contributed by atoms with E-state index in [9.17, 15) is 0 Å². The summed E-state index contributed by atoms with van der Waals surface area (Å²) in [6.45, 7) is 2.19. The van der Waals surface area contributed by atoms with Crippen molar-refractivity contribution in [3.63, 3.8) is 0 Å². The maximum absolute atomic E-state index is 6.35. The second-order valence-corrected chi connectivity index (χ2v) is 7.60. The van der Waals surface area contributed by atoms with Crippen LogP contribution in [-0.4, -0.2) is 14.8 Å². The highest BCUT2D eigenvalue weighted by Gasteiger charge is 2.52.